The number of anilines is 1. The van der Waals surface area contributed by atoms with E-state index in [0.29, 0.717) is 18.5 Å². The highest BCUT2D eigenvalue weighted by atomic mass is 32.2. The first-order chi connectivity index (χ1) is 12.2. The fourth-order valence-electron chi connectivity index (χ4n) is 2.82. The molecule has 4 nitrogen and oxygen atoms in total. The Morgan fingerprint density at radius 2 is 1.96 bits per heavy atom. The van der Waals surface area contributed by atoms with Gasteiger partial charge < -0.3 is 10.2 Å². The van der Waals surface area contributed by atoms with Crippen molar-refractivity contribution in [2.45, 2.75) is 24.2 Å². The van der Waals surface area contributed by atoms with Crippen LogP contribution in [-0.2, 0) is 4.79 Å². The minimum Gasteiger partial charge on any atom is -0.352 e. The lowest BCUT2D eigenvalue weighted by Crippen LogP contribution is -2.26. The van der Waals surface area contributed by atoms with Gasteiger partial charge in [-0.2, -0.15) is 0 Å². The molecule has 2 aromatic rings. The number of amides is 2. The molecule has 0 aromatic heterocycles. The second-order valence-corrected chi connectivity index (χ2v) is 7.14. The van der Waals surface area contributed by atoms with Gasteiger partial charge in [-0.15, -0.1) is 11.8 Å². The average Bonchev–Trinajstić information content (AvgIpc) is 3.08. The molecule has 0 unspecified atom stereocenters. The van der Waals surface area contributed by atoms with Gasteiger partial charge in [-0.3, -0.25) is 9.59 Å². The van der Waals surface area contributed by atoms with E-state index >= 15 is 0 Å². The van der Waals surface area contributed by atoms with Crippen LogP contribution in [0.4, 0.5) is 5.69 Å². The van der Waals surface area contributed by atoms with Gasteiger partial charge >= 0.3 is 0 Å². The van der Waals surface area contributed by atoms with Crippen LogP contribution in [0.2, 0.25) is 0 Å². The van der Waals surface area contributed by atoms with Crippen LogP contribution in [0.3, 0.4) is 0 Å². The van der Waals surface area contributed by atoms with Crippen molar-refractivity contribution in [1.82, 2.24) is 5.32 Å². The molecule has 0 spiro atoms. The molecule has 5 heteroatoms. The molecule has 3 rings (SSSR count). The zero-order chi connectivity index (χ0) is 17.5. The van der Waals surface area contributed by atoms with E-state index in [9.17, 15) is 9.59 Å². The third-order valence-electron chi connectivity index (χ3n) is 4.11. The van der Waals surface area contributed by atoms with E-state index in [-0.39, 0.29) is 11.8 Å². The molecular weight excluding hydrogens is 332 g/mol. The van der Waals surface area contributed by atoms with E-state index in [0.717, 1.165) is 30.8 Å². The molecule has 130 valence electrons. The lowest BCUT2D eigenvalue weighted by atomic mass is 10.1. The molecule has 0 saturated carbocycles. The van der Waals surface area contributed by atoms with Crippen molar-refractivity contribution in [2.75, 3.05) is 23.7 Å². The summed E-state index contributed by atoms with van der Waals surface area (Å²) in [4.78, 5) is 27.1. The fourth-order valence-corrected chi connectivity index (χ4v) is 3.69. The lowest BCUT2D eigenvalue weighted by Gasteiger charge is -2.16. The minimum atomic E-state index is -0.0850. The van der Waals surface area contributed by atoms with Crippen LogP contribution in [0, 0.1) is 0 Å². The van der Waals surface area contributed by atoms with Gasteiger partial charge in [0.15, 0.2) is 0 Å². The molecule has 1 aliphatic rings. The summed E-state index contributed by atoms with van der Waals surface area (Å²) in [5.41, 5.74) is 1.42. The van der Waals surface area contributed by atoms with Crippen molar-refractivity contribution >= 4 is 29.3 Å². The Kier molecular flexibility index (Phi) is 6.12. The Labute approximate surface area is 152 Å². The number of hydrogen-bond acceptors (Lipinski definition) is 3. The maximum atomic E-state index is 12.3. The van der Waals surface area contributed by atoms with Gasteiger partial charge in [-0.1, -0.05) is 24.3 Å². The van der Waals surface area contributed by atoms with Gasteiger partial charge in [-0.25, -0.2) is 0 Å². The van der Waals surface area contributed by atoms with Crippen LogP contribution < -0.4 is 10.2 Å². The first-order valence-electron chi connectivity index (χ1n) is 8.60. The first kappa shape index (κ1) is 17.5. The molecule has 0 aliphatic carbocycles. The second-order valence-electron chi connectivity index (χ2n) is 5.97. The summed E-state index contributed by atoms with van der Waals surface area (Å²) in [6.45, 7) is 1.38. The van der Waals surface area contributed by atoms with Crippen LogP contribution >= 0.6 is 11.8 Å². The number of nitrogens with one attached hydrogen (secondary N) is 1. The van der Waals surface area contributed by atoms with Gasteiger partial charge in [0.2, 0.25) is 5.91 Å². The highest BCUT2D eigenvalue weighted by Gasteiger charge is 2.22. The first-order valence-corrected chi connectivity index (χ1v) is 9.59. The minimum absolute atomic E-state index is 0.0850. The largest absolute Gasteiger partial charge is 0.352 e. The van der Waals surface area contributed by atoms with E-state index in [1.807, 2.05) is 30.3 Å². The van der Waals surface area contributed by atoms with Crippen LogP contribution in [0.15, 0.2) is 59.5 Å². The van der Waals surface area contributed by atoms with Crippen molar-refractivity contribution in [2.24, 2.45) is 0 Å². The molecule has 1 fully saturated rings. The zero-order valence-corrected chi connectivity index (χ0v) is 14.9. The summed E-state index contributed by atoms with van der Waals surface area (Å²) >= 11 is 1.79. The molecule has 0 radical (unpaired) electrons. The summed E-state index contributed by atoms with van der Waals surface area (Å²) in [6, 6.07) is 17.6. The SMILES string of the molecule is O=C(NCCCSc1ccccc1)c1cccc(N2CCCC2=O)c1. The fraction of sp³-hybridized carbons (Fsp3) is 0.300. The van der Waals surface area contributed by atoms with Crippen LogP contribution in [0.5, 0.6) is 0 Å². The van der Waals surface area contributed by atoms with E-state index in [4.69, 9.17) is 0 Å². The molecular formula is C20H22N2O2S. The molecule has 0 bridgehead atoms. The number of rotatable bonds is 7. The number of nitrogens with zero attached hydrogens (tertiary/aromatic N) is 1. The monoisotopic (exact) mass is 354 g/mol. The number of carbonyl (C=O) groups excluding carboxylic acids is 2. The van der Waals surface area contributed by atoms with Gasteiger partial charge in [0, 0.05) is 35.7 Å². The molecule has 25 heavy (non-hydrogen) atoms. The smallest absolute Gasteiger partial charge is 0.251 e. The normalized spacial score (nSPS) is 13.9. The number of thioether (sulfide) groups is 1. The second kappa shape index (κ2) is 8.72. The standard InChI is InChI=1S/C20H22N2O2S/c23-19-11-5-13-22(19)17-8-4-7-16(15-17)20(24)21-12-6-14-25-18-9-2-1-3-10-18/h1-4,7-10,15H,5-6,11-14H2,(H,21,24). The predicted octanol–water partition coefficient (Wildman–Crippen LogP) is 3.73. The summed E-state index contributed by atoms with van der Waals surface area (Å²) in [7, 11) is 0. The van der Waals surface area contributed by atoms with E-state index in [1.54, 1.807) is 28.8 Å². The molecule has 2 amide bonds. The topological polar surface area (TPSA) is 49.4 Å². The highest BCUT2D eigenvalue weighted by molar-refractivity contribution is 7.99. The molecule has 2 aromatic carbocycles. The Hall–Kier alpha value is -2.27. The van der Waals surface area contributed by atoms with E-state index in [1.165, 1.54) is 4.90 Å². The van der Waals surface area contributed by atoms with Crippen molar-refractivity contribution in [3.8, 4) is 0 Å². The van der Waals surface area contributed by atoms with Gasteiger partial charge in [0.1, 0.15) is 0 Å². The Bertz CT molecular complexity index is 733. The zero-order valence-electron chi connectivity index (χ0n) is 14.1. The van der Waals surface area contributed by atoms with Crippen LogP contribution in [-0.4, -0.2) is 30.7 Å². The summed E-state index contributed by atoms with van der Waals surface area (Å²) in [6.07, 6.45) is 2.39. The Balaban J connectivity index is 1.46. The van der Waals surface area contributed by atoms with Crippen molar-refractivity contribution in [3.63, 3.8) is 0 Å². The van der Waals surface area contributed by atoms with E-state index in [2.05, 4.69) is 17.4 Å². The lowest BCUT2D eigenvalue weighted by molar-refractivity contribution is -0.117. The van der Waals surface area contributed by atoms with Crippen LogP contribution in [0.1, 0.15) is 29.6 Å². The van der Waals surface area contributed by atoms with Crippen molar-refractivity contribution < 1.29 is 9.59 Å². The quantitative estimate of drug-likeness (QED) is 0.609. The Morgan fingerprint density at radius 3 is 2.72 bits per heavy atom. The van der Waals surface area contributed by atoms with Crippen molar-refractivity contribution in [1.29, 1.82) is 0 Å². The summed E-state index contributed by atoms with van der Waals surface area (Å²) in [5, 5.41) is 2.96. The highest BCUT2D eigenvalue weighted by Crippen LogP contribution is 2.22. The molecule has 0 atom stereocenters. The molecule has 1 heterocycles. The van der Waals surface area contributed by atoms with E-state index < -0.39 is 0 Å². The Morgan fingerprint density at radius 1 is 1.12 bits per heavy atom. The van der Waals surface area contributed by atoms with Gasteiger partial charge in [-0.05, 0) is 48.9 Å². The summed E-state index contributed by atoms with van der Waals surface area (Å²) < 4.78 is 0. The van der Waals surface area contributed by atoms with Gasteiger partial charge in [0.25, 0.3) is 5.91 Å². The molecule has 1 N–H and O–H groups in total. The van der Waals surface area contributed by atoms with Gasteiger partial charge in [0.05, 0.1) is 0 Å². The van der Waals surface area contributed by atoms with Crippen molar-refractivity contribution in [3.05, 3.63) is 60.2 Å². The third-order valence-corrected chi connectivity index (χ3v) is 5.21. The number of carbonyl (C=O) groups is 2. The summed E-state index contributed by atoms with van der Waals surface area (Å²) in [5.74, 6) is 1.01. The predicted molar refractivity (Wildman–Crippen MR) is 102 cm³/mol. The average molecular weight is 354 g/mol. The number of benzene rings is 2. The third kappa shape index (κ3) is 4.86. The number of hydrogen-bond donors (Lipinski definition) is 1. The molecule has 1 saturated heterocycles. The maximum absolute atomic E-state index is 12.3. The van der Waals surface area contributed by atoms with Crippen LogP contribution in [0.25, 0.3) is 0 Å². The molecule has 1 aliphatic heterocycles. The maximum Gasteiger partial charge on any atom is 0.251 e.